The Bertz CT molecular complexity index is 859. The van der Waals surface area contributed by atoms with Crippen LogP contribution in [-0.4, -0.2) is 16.5 Å². The van der Waals surface area contributed by atoms with Gasteiger partial charge in [0, 0.05) is 12.6 Å². The summed E-state index contributed by atoms with van der Waals surface area (Å²) in [5, 5.41) is 5.20. The van der Waals surface area contributed by atoms with E-state index in [1.165, 1.54) is 25.0 Å². The molecular formula is C19H19FN2OS. The number of aromatic nitrogens is 1. The average Bonchev–Trinajstić information content (AvgIpc) is 3.28. The van der Waals surface area contributed by atoms with Crippen molar-refractivity contribution in [3.8, 4) is 0 Å². The van der Waals surface area contributed by atoms with Crippen molar-refractivity contribution >= 4 is 27.5 Å². The maximum atomic E-state index is 13.1. The van der Waals surface area contributed by atoms with Crippen molar-refractivity contribution in [3.05, 3.63) is 58.9 Å². The van der Waals surface area contributed by atoms with Crippen molar-refractivity contribution in [1.29, 1.82) is 0 Å². The number of amides is 1. The molecule has 0 radical (unpaired) electrons. The van der Waals surface area contributed by atoms with Crippen LogP contribution < -0.4 is 5.32 Å². The lowest BCUT2D eigenvalue weighted by molar-refractivity contribution is 0.0929. The molecule has 0 atom stereocenters. The Morgan fingerprint density at radius 2 is 1.96 bits per heavy atom. The van der Waals surface area contributed by atoms with Gasteiger partial charge in [-0.25, -0.2) is 4.39 Å². The number of benzene rings is 1. The van der Waals surface area contributed by atoms with Gasteiger partial charge in [-0.05, 0) is 48.1 Å². The smallest absolute Gasteiger partial charge is 0.268 e. The molecule has 0 saturated heterocycles. The van der Waals surface area contributed by atoms with Crippen LogP contribution in [0.3, 0.4) is 0 Å². The molecule has 1 amide bonds. The summed E-state index contributed by atoms with van der Waals surface area (Å²) in [6, 6.07) is 10.8. The molecule has 1 aromatic carbocycles. The number of halogens is 1. The molecular weight excluding hydrogens is 323 g/mol. The summed E-state index contributed by atoms with van der Waals surface area (Å²) in [4.78, 5) is 12.7. The molecule has 1 saturated carbocycles. The lowest BCUT2D eigenvalue weighted by atomic mass is 10.2. The molecule has 2 aromatic heterocycles. The summed E-state index contributed by atoms with van der Waals surface area (Å²) in [6.45, 7) is 0.563. The number of nitrogens with one attached hydrogen (secondary N) is 1. The number of carbonyl (C=O) groups is 1. The first-order valence-corrected chi connectivity index (χ1v) is 9.21. The highest BCUT2D eigenvalue weighted by molar-refractivity contribution is 7.17. The molecule has 1 aliphatic rings. The number of carbonyl (C=O) groups excluding carboxylic acids is 1. The highest BCUT2D eigenvalue weighted by Crippen LogP contribution is 2.27. The monoisotopic (exact) mass is 342 g/mol. The van der Waals surface area contributed by atoms with Crippen molar-refractivity contribution in [2.45, 2.75) is 38.3 Å². The molecule has 5 heteroatoms. The van der Waals surface area contributed by atoms with Gasteiger partial charge in [-0.2, -0.15) is 0 Å². The minimum absolute atomic E-state index is 0.00703. The minimum Gasteiger partial charge on any atom is -0.348 e. The molecule has 4 rings (SSSR count). The second kappa shape index (κ2) is 6.40. The Hall–Kier alpha value is -2.14. The van der Waals surface area contributed by atoms with Crippen LogP contribution >= 0.6 is 11.3 Å². The fourth-order valence-electron chi connectivity index (χ4n) is 3.44. The van der Waals surface area contributed by atoms with Crippen LogP contribution in [0.1, 0.15) is 41.7 Å². The Morgan fingerprint density at radius 3 is 2.71 bits per heavy atom. The topological polar surface area (TPSA) is 34.0 Å². The van der Waals surface area contributed by atoms with Gasteiger partial charge in [-0.1, -0.05) is 25.0 Å². The molecule has 1 fully saturated rings. The van der Waals surface area contributed by atoms with Gasteiger partial charge < -0.3 is 9.88 Å². The lowest BCUT2D eigenvalue weighted by Gasteiger charge is -2.14. The fraction of sp³-hybridized carbons (Fsp3) is 0.316. The second-order valence-corrected chi connectivity index (χ2v) is 7.31. The largest absolute Gasteiger partial charge is 0.348 e. The number of thiophene rings is 1. The third kappa shape index (κ3) is 2.96. The van der Waals surface area contributed by atoms with E-state index in [1.807, 2.05) is 22.1 Å². The van der Waals surface area contributed by atoms with Crippen molar-refractivity contribution in [2.75, 3.05) is 0 Å². The van der Waals surface area contributed by atoms with Crippen LogP contribution in [0, 0.1) is 5.82 Å². The van der Waals surface area contributed by atoms with Gasteiger partial charge in [0.2, 0.25) is 0 Å². The third-order valence-corrected chi connectivity index (χ3v) is 5.55. The number of rotatable bonds is 4. The van der Waals surface area contributed by atoms with Gasteiger partial charge in [-0.15, -0.1) is 11.3 Å². The van der Waals surface area contributed by atoms with E-state index in [-0.39, 0.29) is 11.7 Å². The van der Waals surface area contributed by atoms with E-state index in [1.54, 1.807) is 23.5 Å². The second-order valence-electron chi connectivity index (χ2n) is 6.37. The third-order valence-electron chi connectivity index (χ3n) is 4.70. The fourth-order valence-corrected chi connectivity index (χ4v) is 4.26. The lowest BCUT2D eigenvalue weighted by Crippen LogP contribution is -2.34. The Balaban J connectivity index is 1.65. The van der Waals surface area contributed by atoms with E-state index >= 15 is 0 Å². The van der Waals surface area contributed by atoms with Crippen LogP contribution in [-0.2, 0) is 6.54 Å². The highest BCUT2D eigenvalue weighted by Gasteiger charge is 2.21. The minimum atomic E-state index is -0.244. The molecule has 124 valence electrons. The zero-order chi connectivity index (χ0) is 16.5. The predicted molar refractivity (Wildman–Crippen MR) is 95.0 cm³/mol. The molecule has 3 aromatic rings. The summed E-state index contributed by atoms with van der Waals surface area (Å²) in [5.74, 6) is -0.251. The van der Waals surface area contributed by atoms with E-state index in [4.69, 9.17) is 0 Å². The van der Waals surface area contributed by atoms with E-state index in [0.717, 1.165) is 28.6 Å². The quantitative estimate of drug-likeness (QED) is 0.741. The molecule has 1 N–H and O–H groups in total. The average molecular weight is 342 g/mol. The van der Waals surface area contributed by atoms with Crippen molar-refractivity contribution < 1.29 is 9.18 Å². The first-order chi connectivity index (χ1) is 11.7. The first-order valence-electron chi connectivity index (χ1n) is 8.33. The molecule has 0 bridgehead atoms. The van der Waals surface area contributed by atoms with Crippen molar-refractivity contribution in [2.24, 2.45) is 0 Å². The summed E-state index contributed by atoms with van der Waals surface area (Å²) in [6.07, 6.45) is 4.52. The van der Waals surface area contributed by atoms with Gasteiger partial charge in [0.15, 0.2) is 0 Å². The maximum absolute atomic E-state index is 13.1. The van der Waals surface area contributed by atoms with Crippen molar-refractivity contribution in [3.63, 3.8) is 0 Å². The number of fused-ring (bicyclic) bond motifs is 1. The number of hydrogen-bond acceptors (Lipinski definition) is 2. The zero-order valence-corrected chi connectivity index (χ0v) is 14.1. The summed E-state index contributed by atoms with van der Waals surface area (Å²) in [5.41, 5.74) is 2.73. The molecule has 1 aliphatic carbocycles. The van der Waals surface area contributed by atoms with Crippen molar-refractivity contribution in [1.82, 2.24) is 9.88 Å². The van der Waals surface area contributed by atoms with Crippen LogP contribution in [0.5, 0.6) is 0 Å². The molecule has 3 nitrogen and oxygen atoms in total. The number of hydrogen-bond donors (Lipinski definition) is 1. The van der Waals surface area contributed by atoms with Gasteiger partial charge in [0.1, 0.15) is 11.5 Å². The Labute approximate surface area is 144 Å². The molecule has 0 unspecified atom stereocenters. The van der Waals surface area contributed by atoms with E-state index < -0.39 is 0 Å². The highest BCUT2D eigenvalue weighted by atomic mass is 32.1. The van der Waals surface area contributed by atoms with Crippen LogP contribution in [0.2, 0.25) is 0 Å². The predicted octanol–water partition coefficient (Wildman–Crippen LogP) is 4.56. The normalized spacial score (nSPS) is 15.2. The van der Waals surface area contributed by atoms with E-state index in [9.17, 15) is 9.18 Å². The standard InChI is InChI=1S/C19H19FN2OS/c20-14-7-5-13(6-8-14)12-22-16-9-10-24-18(16)11-17(22)19(23)21-15-3-1-2-4-15/h5-11,15H,1-4,12H2,(H,21,23). The van der Waals surface area contributed by atoms with Crippen LogP contribution in [0.4, 0.5) is 4.39 Å². The van der Waals surface area contributed by atoms with E-state index in [0.29, 0.717) is 18.3 Å². The molecule has 0 aliphatic heterocycles. The zero-order valence-electron chi connectivity index (χ0n) is 13.3. The summed E-state index contributed by atoms with van der Waals surface area (Å²) < 4.78 is 16.3. The number of nitrogens with zero attached hydrogens (tertiary/aromatic N) is 1. The Kier molecular flexibility index (Phi) is 4.10. The molecule has 2 heterocycles. The summed E-state index contributed by atoms with van der Waals surface area (Å²) >= 11 is 1.63. The SMILES string of the molecule is O=C(NC1CCCC1)c1cc2sccc2n1Cc1ccc(F)cc1. The molecule has 24 heavy (non-hydrogen) atoms. The van der Waals surface area contributed by atoms with Gasteiger partial charge >= 0.3 is 0 Å². The van der Waals surface area contributed by atoms with Gasteiger partial charge in [-0.3, -0.25) is 4.79 Å². The Morgan fingerprint density at radius 1 is 1.21 bits per heavy atom. The van der Waals surface area contributed by atoms with Crippen LogP contribution in [0.25, 0.3) is 10.2 Å². The maximum Gasteiger partial charge on any atom is 0.268 e. The van der Waals surface area contributed by atoms with Crippen LogP contribution in [0.15, 0.2) is 41.8 Å². The summed E-state index contributed by atoms with van der Waals surface area (Å²) in [7, 11) is 0. The van der Waals surface area contributed by atoms with E-state index in [2.05, 4.69) is 5.32 Å². The first kappa shape index (κ1) is 15.4. The van der Waals surface area contributed by atoms with Gasteiger partial charge in [0.05, 0.1) is 10.2 Å². The van der Waals surface area contributed by atoms with Gasteiger partial charge in [0.25, 0.3) is 5.91 Å². The molecule has 0 spiro atoms.